The molecule has 1 aliphatic heterocycles. The average Bonchev–Trinajstić information content (AvgIpc) is 2.76. The van der Waals surface area contributed by atoms with Gasteiger partial charge in [0.05, 0.1) is 12.6 Å². The Hall–Kier alpha value is -1.36. The summed E-state index contributed by atoms with van der Waals surface area (Å²) in [5.41, 5.74) is 0. The number of aromatic nitrogens is 1. The standard InChI is InChI=1S/C12H18N2O3/c1-14-6-4-9(5-7-14)10-8-13-11(17-10)2-3-12(15)16/h8-9H,2-7H2,1H3,(H,15,16). The third kappa shape index (κ3) is 3.30. The molecule has 5 heteroatoms. The number of likely N-dealkylation sites (tertiary alicyclic amines) is 1. The van der Waals surface area contributed by atoms with Crippen LogP contribution in [0.5, 0.6) is 0 Å². The Morgan fingerprint density at radius 3 is 2.94 bits per heavy atom. The number of aryl methyl sites for hydroxylation is 1. The van der Waals surface area contributed by atoms with Crippen molar-refractivity contribution in [1.82, 2.24) is 9.88 Å². The van der Waals surface area contributed by atoms with Crippen molar-refractivity contribution >= 4 is 5.97 Å². The zero-order valence-electron chi connectivity index (χ0n) is 10.1. The van der Waals surface area contributed by atoms with Gasteiger partial charge in [-0.2, -0.15) is 0 Å². The first-order chi connectivity index (χ1) is 8.15. The van der Waals surface area contributed by atoms with E-state index in [9.17, 15) is 4.79 Å². The van der Waals surface area contributed by atoms with Crippen LogP contribution in [0.3, 0.4) is 0 Å². The predicted octanol–water partition coefficient (Wildman–Crippen LogP) is 1.50. The van der Waals surface area contributed by atoms with E-state index in [1.807, 2.05) is 0 Å². The molecule has 1 aromatic rings. The summed E-state index contributed by atoms with van der Waals surface area (Å²) in [6.45, 7) is 2.16. The predicted molar refractivity (Wildman–Crippen MR) is 61.9 cm³/mol. The number of nitrogens with zero attached hydrogens (tertiary/aromatic N) is 2. The Balaban J connectivity index is 1.91. The minimum atomic E-state index is -0.816. The molecule has 0 saturated carbocycles. The van der Waals surface area contributed by atoms with Crippen LogP contribution in [0, 0.1) is 0 Å². The van der Waals surface area contributed by atoms with Gasteiger partial charge in [0.25, 0.3) is 0 Å². The van der Waals surface area contributed by atoms with Crippen molar-refractivity contribution in [2.45, 2.75) is 31.6 Å². The van der Waals surface area contributed by atoms with Crippen LogP contribution < -0.4 is 0 Å². The number of aliphatic carboxylic acids is 1. The van der Waals surface area contributed by atoms with Gasteiger partial charge in [0, 0.05) is 12.3 Å². The Morgan fingerprint density at radius 2 is 2.29 bits per heavy atom. The van der Waals surface area contributed by atoms with Gasteiger partial charge in [-0.15, -0.1) is 0 Å². The van der Waals surface area contributed by atoms with Gasteiger partial charge in [-0.05, 0) is 33.0 Å². The summed E-state index contributed by atoms with van der Waals surface area (Å²) in [6, 6.07) is 0. The van der Waals surface area contributed by atoms with Gasteiger partial charge in [-0.25, -0.2) is 4.98 Å². The highest BCUT2D eigenvalue weighted by molar-refractivity contribution is 5.66. The molecule has 0 aliphatic carbocycles. The molecule has 2 rings (SSSR count). The molecule has 0 bridgehead atoms. The van der Waals surface area contributed by atoms with E-state index >= 15 is 0 Å². The largest absolute Gasteiger partial charge is 0.481 e. The highest BCUT2D eigenvalue weighted by atomic mass is 16.4. The van der Waals surface area contributed by atoms with Crippen LogP contribution in [0.4, 0.5) is 0 Å². The summed E-state index contributed by atoms with van der Waals surface area (Å²) in [5.74, 6) is 1.08. The maximum Gasteiger partial charge on any atom is 0.303 e. The third-order valence-corrected chi connectivity index (χ3v) is 3.25. The van der Waals surface area contributed by atoms with E-state index in [4.69, 9.17) is 9.52 Å². The molecule has 1 saturated heterocycles. The minimum Gasteiger partial charge on any atom is -0.481 e. The normalized spacial score (nSPS) is 18.4. The van der Waals surface area contributed by atoms with Crippen molar-refractivity contribution in [3.8, 4) is 0 Å². The van der Waals surface area contributed by atoms with Crippen molar-refractivity contribution in [3.63, 3.8) is 0 Å². The molecule has 1 aliphatic rings. The lowest BCUT2D eigenvalue weighted by molar-refractivity contribution is -0.137. The van der Waals surface area contributed by atoms with E-state index in [0.717, 1.165) is 31.7 Å². The van der Waals surface area contributed by atoms with Crippen molar-refractivity contribution in [2.24, 2.45) is 0 Å². The number of hydrogen-bond donors (Lipinski definition) is 1. The second kappa shape index (κ2) is 5.31. The number of piperidine rings is 1. The van der Waals surface area contributed by atoms with Crippen molar-refractivity contribution in [3.05, 3.63) is 17.8 Å². The Bertz CT molecular complexity index is 381. The van der Waals surface area contributed by atoms with E-state index < -0.39 is 5.97 Å². The molecule has 2 heterocycles. The molecular formula is C12H18N2O3. The first kappa shape index (κ1) is 12.1. The molecule has 0 atom stereocenters. The van der Waals surface area contributed by atoms with Gasteiger partial charge < -0.3 is 14.4 Å². The van der Waals surface area contributed by atoms with Gasteiger partial charge in [-0.3, -0.25) is 4.79 Å². The summed E-state index contributed by atoms with van der Waals surface area (Å²) >= 11 is 0. The summed E-state index contributed by atoms with van der Waals surface area (Å²) in [4.78, 5) is 16.9. The van der Waals surface area contributed by atoms with Crippen LogP contribution in [0.25, 0.3) is 0 Å². The van der Waals surface area contributed by atoms with Gasteiger partial charge in [0.1, 0.15) is 5.76 Å². The average molecular weight is 238 g/mol. The summed E-state index contributed by atoms with van der Waals surface area (Å²) in [5, 5.41) is 8.58. The SMILES string of the molecule is CN1CCC(c2cnc(CCC(=O)O)o2)CC1. The highest BCUT2D eigenvalue weighted by Crippen LogP contribution is 2.27. The monoisotopic (exact) mass is 238 g/mol. The Labute approximate surface area is 100 Å². The topological polar surface area (TPSA) is 66.6 Å². The number of oxazole rings is 1. The summed E-state index contributed by atoms with van der Waals surface area (Å²) < 4.78 is 5.62. The molecule has 17 heavy (non-hydrogen) atoms. The molecule has 5 nitrogen and oxygen atoms in total. The van der Waals surface area contributed by atoms with Gasteiger partial charge >= 0.3 is 5.97 Å². The van der Waals surface area contributed by atoms with Crippen molar-refractivity contribution < 1.29 is 14.3 Å². The molecule has 0 amide bonds. The van der Waals surface area contributed by atoms with Gasteiger partial charge in [0.15, 0.2) is 5.89 Å². The van der Waals surface area contributed by atoms with Crippen LogP contribution in [0.2, 0.25) is 0 Å². The summed E-state index contributed by atoms with van der Waals surface area (Å²) in [7, 11) is 2.12. The first-order valence-electron chi connectivity index (χ1n) is 6.00. The lowest BCUT2D eigenvalue weighted by Gasteiger charge is -2.27. The zero-order valence-corrected chi connectivity index (χ0v) is 10.1. The lowest BCUT2D eigenvalue weighted by Crippen LogP contribution is -2.29. The Morgan fingerprint density at radius 1 is 1.59 bits per heavy atom. The molecule has 94 valence electrons. The van der Waals surface area contributed by atoms with E-state index in [1.165, 1.54) is 0 Å². The summed E-state index contributed by atoms with van der Waals surface area (Å²) in [6.07, 6.45) is 4.39. The van der Waals surface area contributed by atoms with E-state index in [0.29, 0.717) is 18.2 Å². The van der Waals surface area contributed by atoms with Crippen LogP contribution in [-0.2, 0) is 11.2 Å². The van der Waals surface area contributed by atoms with E-state index in [-0.39, 0.29) is 6.42 Å². The van der Waals surface area contributed by atoms with Crippen LogP contribution in [-0.4, -0.2) is 41.1 Å². The fraction of sp³-hybridized carbons (Fsp3) is 0.667. The number of hydrogen-bond acceptors (Lipinski definition) is 4. The van der Waals surface area contributed by atoms with E-state index in [1.54, 1.807) is 6.20 Å². The second-order valence-corrected chi connectivity index (χ2v) is 4.63. The van der Waals surface area contributed by atoms with Gasteiger partial charge in [-0.1, -0.05) is 0 Å². The molecule has 0 spiro atoms. The molecule has 1 N–H and O–H groups in total. The molecule has 0 unspecified atom stereocenters. The van der Waals surface area contributed by atoms with Crippen molar-refractivity contribution in [1.29, 1.82) is 0 Å². The molecule has 0 aromatic carbocycles. The molecule has 0 radical (unpaired) electrons. The minimum absolute atomic E-state index is 0.0767. The van der Waals surface area contributed by atoms with Crippen LogP contribution >= 0.6 is 0 Å². The Kier molecular flexibility index (Phi) is 3.78. The second-order valence-electron chi connectivity index (χ2n) is 4.63. The number of carbonyl (C=O) groups is 1. The first-order valence-corrected chi connectivity index (χ1v) is 6.00. The quantitative estimate of drug-likeness (QED) is 0.861. The molecule has 1 fully saturated rings. The van der Waals surface area contributed by atoms with Crippen LogP contribution in [0.15, 0.2) is 10.6 Å². The van der Waals surface area contributed by atoms with Gasteiger partial charge in [0.2, 0.25) is 0 Å². The van der Waals surface area contributed by atoms with Crippen LogP contribution in [0.1, 0.15) is 36.8 Å². The molecule has 1 aromatic heterocycles. The third-order valence-electron chi connectivity index (χ3n) is 3.25. The lowest BCUT2D eigenvalue weighted by atomic mass is 9.95. The smallest absolute Gasteiger partial charge is 0.303 e. The number of carboxylic acids is 1. The van der Waals surface area contributed by atoms with E-state index in [2.05, 4.69) is 16.9 Å². The fourth-order valence-electron chi connectivity index (χ4n) is 2.14. The highest BCUT2D eigenvalue weighted by Gasteiger charge is 2.21. The van der Waals surface area contributed by atoms with Crippen molar-refractivity contribution in [2.75, 3.05) is 20.1 Å². The zero-order chi connectivity index (χ0) is 12.3. The maximum atomic E-state index is 10.4. The number of carboxylic acid groups (broad SMARTS) is 1. The fourth-order valence-corrected chi connectivity index (χ4v) is 2.14. The molecular weight excluding hydrogens is 220 g/mol. The maximum absolute atomic E-state index is 10.4. The number of rotatable bonds is 4.